The van der Waals surface area contributed by atoms with Crippen molar-refractivity contribution in [2.24, 2.45) is 0 Å². The van der Waals surface area contributed by atoms with Crippen molar-refractivity contribution < 1.29 is 4.42 Å². The Labute approximate surface area is 129 Å². The number of nitrogens with zero attached hydrogens (tertiary/aromatic N) is 2. The number of hydrogen-bond acceptors (Lipinski definition) is 5. The van der Waals surface area contributed by atoms with E-state index in [2.05, 4.69) is 28.3 Å². The molecule has 2 heterocycles. The average Bonchev–Trinajstić information content (AvgIpc) is 3.00. The van der Waals surface area contributed by atoms with Crippen LogP contribution in [0.25, 0.3) is 21.3 Å². The number of anilines is 2. The molecule has 6 heteroatoms. The zero-order valence-corrected chi connectivity index (χ0v) is 12.6. The Hall–Kier alpha value is -2.11. The lowest BCUT2D eigenvalue weighted by Gasteiger charge is -1.92. The van der Waals surface area contributed by atoms with Crippen molar-refractivity contribution in [3.8, 4) is 0 Å². The Bertz CT molecular complexity index is 882. The van der Waals surface area contributed by atoms with Crippen LogP contribution >= 0.6 is 22.9 Å². The van der Waals surface area contributed by atoms with Gasteiger partial charge in [-0.05, 0) is 42.8 Å². The Balaban J connectivity index is 1.71. The first-order valence-electron chi connectivity index (χ1n) is 6.38. The van der Waals surface area contributed by atoms with Gasteiger partial charge in [-0.15, -0.1) is 0 Å². The highest BCUT2D eigenvalue weighted by molar-refractivity contribution is 7.22. The molecule has 1 N–H and O–H groups in total. The van der Waals surface area contributed by atoms with Crippen LogP contribution in [-0.2, 0) is 0 Å². The number of aryl methyl sites for hydroxylation is 1. The smallest absolute Gasteiger partial charge is 0.302 e. The van der Waals surface area contributed by atoms with Crippen molar-refractivity contribution in [1.82, 2.24) is 9.97 Å². The fraction of sp³-hybridized carbons (Fsp3) is 0.0667. The van der Waals surface area contributed by atoms with Gasteiger partial charge in [0.05, 0.1) is 10.2 Å². The maximum Gasteiger partial charge on any atom is 0.302 e. The summed E-state index contributed by atoms with van der Waals surface area (Å²) in [6, 6.07) is 11.9. The van der Waals surface area contributed by atoms with Gasteiger partial charge in [-0.3, -0.25) is 5.32 Å². The summed E-state index contributed by atoms with van der Waals surface area (Å²) in [7, 11) is 0. The van der Waals surface area contributed by atoms with Crippen molar-refractivity contribution in [2.45, 2.75) is 6.92 Å². The molecule has 4 nitrogen and oxygen atoms in total. The van der Waals surface area contributed by atoms with Gasteiger partial charge in [0.25, 0.3) is 0 Å². The van der Waals surface area contributed by atoms with Crippen LogP contribution in [0.1, 0.15) is 5.56 Å². The summed E-state index contributed by atoms with van der Waals surface area (Å²) >= 11 is 7.52. The van der Waals surface area contributed by atoms with Crippen molar-refractivity contribution in [3.05, 3.63) is 47.0 Å². The highest BCUT2D eigenvalue weighted by Gasteiger charge is 2.09. The van der Waals surface area contributed by atoms with E-state index in [1.165, 1.54) is 5.56 Å². The number of hydrogen-bond donors (Lipinski definition) is 1. The molecule has 2 aromatic heterocycles. The number of thiazole rings is 1. The van der Waals surface area contributed by atoms with Gasteiger partial charge >= 0.3 is 6.01 Å². The predicted octanol–water partition coefficient (Wildman–Crippen LogP) is 5.14. The van der Waals surface area contributed by atoms with E-state index in [4.69, 9.17) is 16.0 Å². The monoisotopic (exact) mass is 315 g/mol. The average molecular weight is 316 g/mol. The highest BCUT2D eigenvalue weighted by Crippen LogP contribution is 2.30. The number of fused-ring (bicyclic) bond motifs is 2. The predicted molar refractivity (Wildman–Crippen MR) is 86.7 cm³/mol. The van der Waals surface area contributed by atoms with Crippen molar-refractivity contribution in [1.29, 1.82) is 0 Å². The SMILES string of the molecule is Cc1ccc2nc(Nc3nc4cc(Cl)ccc4o3)sc2c1. The van der Waals surface area contributed by atoms with E-state index in [1.807, 2.05) is 12.1 Å². The van der Waals surface area contributed by atoms with E-state index in [-0.39, 0.29) is 0 Å². The molecule has 2 aromatic carbocycles. The molecule has 0 aliphatic rings. The molecule has 0 amide bonds. The Morgan fingerprint density at radius 3 is 2.90 bits per heavy atom. The molecular formula is C15H10ClN3OS. The lowest BCUT2D eigenvalue weighted by molar-refractivity contribution is 0.623. The zero-order valence-electron chi connectivity index (χ0n) is 11.1. The molecule has 0 atom stereocenters. The van der Waals surface area contributed by atoms with Crippen LogP contribution in [0.2, 0.25) is 5.02 Å². The third kappa shape index (κ3) is 2.34. The van der Waals surface area contributed by atoms with Crippen LogP contribution in [0.3, 0.4) is 0 Å². The zero-order chi connectivity index (χ0) is 14.4. The van der Waals surface area contributed by atoms with E-state index < -0.39 is 0 Å². The molecular weight excluding hydrogens is 306 g/mol. The van der Waals surface area contributed by atoms with Gasteiger partial charge in [-0.25, -0.2) is 4.98 Å². The third-order valence-corrected chi connectivity index (χ3v) is 4.28. The Morgan fingerprint density at radius 1 is 1.10 bits per heavy atom. The standard InChI is InChI=1S/C15H10ClN3OS/c1-8-2-4-10-13(6-8)21-15(18-10)19-14-17-11-7-9(16)3-5-12(11)20-14/h2-7H,1H3,(H,17,18,19). The highest BCUT2D eigenvalue weighted by atomic mass is 35.5. The lowest BCUT2D eigenvalue weighted by Crippen LogP contribution is -1.88. The first-order chi connectivity index (χ1) is 10.2. The minimum Gasteiger partial charge on any atom is -0.423 e. The van der Waals surface area contributed by atoms with Crippen LogP contribution in [0.5, 0.6) is 0 Å². The van der Waals surface area contributed by atoms with Gasteiger partial charge in [0, 0.05) is 5.02 Å². The minimum atomic E-state index is 0.419. The number of rotatable bonds is 2. The Morgan fingerprint density at radius 2 is 2.00 bits per heavy atom. The molecule has 4 aromatic rings. The maximum atomic E-state index is 5.94. The molecule has 0 saturated carbocycles. The van der Waals surface area contributed by atoms with E-state index in [0.29, 0.717) is 16.6 Å². The van der Waals surface area contributed by atoms with Crippen molar-refractivity contribution in [3.63, 3.8) is 0 Å². The Kier molecular flexibility index (Phi) is 2.83. The van der Waals surface area contributed by atoms with Crippen molar-refractivity contribution >= 4 is 55.4 Å². The largest absolute Gasteiger partial charge is 0.423 e. The normalized spacial score (nSPS) is 11.3. The molecule has 0 unspecified atom stereocenters. The summed E-state index contributed by atoms with van der Waals surface area (Å²) in [5.41, 5.74) is 3.60. The molecule has 0 saturated heterocycles. The lowest BCUT2D eigenvalue weighted by atomic mass is 10.2. The van der Waals surface area contributed by atoms with Gasteiger partial charge in [-0.2, -0.15) is 4.98 Å². The van der Waals surface area contributed by atoms with Crippen LogP contribution in [0.15, 0.2) is 40.8 Å². The third-order valence-electron chi connectivity index (χ3n) is 3.11. The molecule has 104 valence electrons. The molecule has 0 aliphatic carbocycles. The second-order valence-electron chi connectivity index (χ2n) is 4.75. The summed E-state index contributed by atoms with van der Waals surface area (Å²) in [6.45, 7) is 2.07. The second kappa shape index (κ2) is 4.72. The van der Waals surface area contributed by atoms with Crippen LogP contribution < -0.4 is 5.32 Å². The van der Waals surface area contributed by atoms with Gasteiger partial charge in [0.1, 0.15) is 5.52 Å². The van der Waals surface area contributed by atoms with Gasteiger partial charge in [-0.1, -0.05) is 29.0 Å². The molecule has 4 rings (SSSR count). The van der Waals surface area contributed by atoms with E-state index in [9.17, 15) is 0 Å². The number of oxazole rings is 1. The van der Waals surface area contributed by atoms with Crippen LogP contribution in [0, 0.1) is 6.92 Å². The van der Waals surface area contributed by atoms with Gasteiger partial charge < -0.3 is 4.42 Å². The molecule has 21 heavy (non-hydrogen) atoms. The quantitative estimate of drug-likeness (QED) is 0.556. The number of aromatic nitrogens is 2. The minimum absolute atomic E-state index is 0.419. The van der Waals surface area contributed by atoms with E-state index in [1.54, 1.807) is 29.5 Å². The molecule has 0 bridgehead atoms. The summed E-state index contributed by atoms with van der Waals surface area (Å²) in [4.78, 5) is 8.88. The molecule has 0 radical (unpaired) electrons. The maximum absolute atomic E-state index is 5.94. The number of benzene rings is 2. The van der Waals surface area contributed by atoms with E-state index in [0.717, 1.165) is 20.9 Å². The molecule has 0 fully saturated rings. The van der Waals surface area contributed by atoms with E-state index >= 15 is 0 Å². The van der Waals surface area contributed by atoms with Gasteiger partial charge in [0.2, 0.25) is 0 Å². The summed E-state index contributed by atoms with van der Waals surface area (Å²) in [6.07, 6.45) is 0. The first kappa shape index (κ1) is 12.6. The summed E-state index contributed by atoms with van der Waals surface area (Å²) in [5.74, 6) is 0. The number of nitrogens with one attached hydrogen (secondary N) is 1. The van der Waals surface area contributed by atoms with Crippen molar-refractivity contribution in [2.75, 3.05) is 5.32 Å². The van der Waals surface area contributed by atoms with Crippen LogP contribution in [0.4, 0.5) is 11.1 Å². The summed E-state index contributed by atoms with van der Waals surface area (Å²) < 4.78 is 6.77. The fourth-order valence-corrected chi connectivity index (χ4v) is 3.25. The molecule has 0 aliphatic heterocycles. The fourth-order valence-electron chi connectivity index (χ4n) is 2.13. The van der Waals surface area contributed by atoms with Crippen LogP contribution in [-0.4, -0.2) is 9.97 Å². The topological polar surface area (TPSA) is 51.0 Å². The molecule has 0 spiro atoms. The second-order valence-corrected chi connectivity index (χ2v) is 6.21. The van der Waals surface area contributed by atoms with Gasteiger partial charge in [0.15, 0.2) is 10.7 Å². The number of halogens is 1. The summed E-state index contributed by atoms with van der Waals surface area (Å²) in [5, 5.41) is 4.50. The first-order valence-corrected chi connectivity index (χ1v) is 7.57.